The molecule has 1 amide bonds. The van der Waals surface area contributed by atoms with Crippen LogP contribution in [0.25, 0.3) is 11.2 Å². The van der Waals surface area contributed by atoms with E-state index in [1.807, 2.05) is 29.2 Å². The van der Waals surface area contributed by atoms with Crippen LogP contribution in [0.1, 0.15) is 12.0 Å². The number of aryl methyl sites for hydroxylation is 1. The number of aromatic nitrogens is 3. The van der Waals surface area contributed by atoms with Gasteiger partial charge in [0.15, 0.2) is 5.65 Å². The van der Waals surface area contributed by atoms with Crippen molar-refractivity contribution in [2.24, 2.45) is 0 Å². The molecule has 1 aromatic carbocycles. The fourth-order valence-electron chi connectivity index (χ4n) is 3.08. The van der Waals surface area contributed by atoms with Crippen molar-refractivity contribution in [1.29, 1.82) is 0 Å². The largest absolute Gasteiger partial charge is 0.350 e. The van der Waals surface area contributed by atoms with Gasteiger partial charge in [-0.2, -0.15) is 0 Å². The molecule has 0 spiro atoms. The van der Waals surface area contributed by atoms with Gasteiger partial charge in [-0.05, 0) is 23.3 Å². The fourth-order valence-corrected chi connectivity index (χ4v) is 3.08. The molecule has 0 aliphatic carbocycles. The lowest BCUT2D eigenvalue weighted by Gasteiger charge is -2.16. The third-order valence-electron chi connectivity index (χ3n) is 4.44. The van der Waals surface area contributed by atoms with E-state index in [0.717, 1.165) is 5.56 Å². The molecule has 1 aliphatic heterocycles. The Hall–Kier alpha value is -3.15. The molecule has 0 saturated carbocycles. The summed E-state index contributed by atoms with van der Waals surface area (Å²) in [6.45, 7) is 1.52. The number of amides is 1. The van der Waals surface area contributed by atoms with Crippen molar-refractivity contribution in [2.75, 3.05) is 13.1 Å². The highest BCUT2D eigenvalue weighted by Crippen LogP contribution is 2.21. The number of nitrogens with zero attached hydrogens (tertiary/aromatic N) is 4. The number of pyridine rings is 1. The van der Waals surface area contributed by atoms with E-state index in [2.05, 4.69) is 23.3 Å². The van der Waals surface area contributed by atoms with Crippen LogP contribution in [0.2, 0.25) is 0 Å². The van der Waals surface area contributed by atoms with Crippen LogP contribution in [0, 0.1) is 0 Å². The molecule has 6 heteroatoms. The highest BCUT2D eigenvalue weighted by molar-refractivity contribution is 5.81. The van der Waals surface area contributed by atoms with Crippen molar-refractivity contribution < 1.29 is 4.79 Å². The van der Waals surface area contributed by atoms with Crippen molar-refractivity contribution in [3.8, 4) is 0 Å². The minimum Gasteiger partial charge on any atom is -0.335 e. The summed E-state index contributed by atoms with van der Waals surface area (Å²) in [7, 11) is 0. The molecule has 0 atom stereocenters. The normalized spacial score (nSPS) is 14.1. The van der Waals surface area contributed by atoms with Gasteiger partial charge in [0, 0.05) is 25.7 Å². The maximum atomic E-state index is 12.5. The van der Waals surface area contributed by atoms with Gasteiger partial charge < -0.3 is 4.90 Å². The van der Waals surface area contributed by atoms with Crippen molar-refractivity contribution in [3.63, 3.8) is 0 Å². The number of carbonyl (C=O) groups is 1. The predicted molar refractivity (Wildman–Crippen MR) is 95.1 cm³/mol. The van der Waals surface area contributed by atoms with Crippen LogP contribution < -0.4 is 5.69 Å². The van der Waals surface area contributed by atoms with E-state index in [1.165, 1.54) is 14.7 Å². The van der Waals surface area contributed by atoms with E-state index in [1.54, 1.807) is 18.3 Å². The van der Waals surface area contributed by atoms with Gasteiger partial charge in [0.2, 0.25) is 5.91 Å². The van der Waals surface area contributed by atoms with Crippen LogP contribution in [-0.2, 0) is 11.3 Å². The second kappa shape index (κ2) is 6.39. The lowest BCUT2D eigenvalue weighted by molar-refractivity contribution is -0.130. The van der Waals surface area contributed by atoms with Crippen molar-refractivity contribution >= 4 is 17.1 Å². The van der Waals surface area contributed by atoms with Gasteiger partial charge in [0.05, 0.1) is 6.54 Å². The van der Waals surface area contributed by atoms with E-state index in [-0.39, 0.29) is 24.6 Å². The second-order valence-electron chi connectivity index (χ2n) is 6.05. The van der Waals surface area contributed by atoms with Crippen LogP contribution in [-0.4, -0.2) is 38.1 Å². The third-order valence-corrected chi connectivity index (χ3v) is 4.44. The minimum atomic E-state index is -0.215. The highest BCUT2D eigenvalue weighted by atomic mass is 16.2. The molecule has 0 N–H and O–H groups in total. The van der Waals surface area contributed by atoms with Gasteiger partial charge in [-0.3, -0.25) is 9.20 Å². The SMILES string of the molecule is O=C(CCn1nc2ccccn2c1=O)N1CC=C(c2ccccc2)C1. The maximum Gasteiger partial charge on any atom is 0.350 e. The summed E-state index contributed by atoms with van der Waals surface area (Å²) >= 11 is 0. The Bertz CT molecular complexity index is 1000. The number of fused-ring (bicyclic) bond motifs is 1. The van der Waals surface area contributed by atoms with Gasteiger partial charge in [0.25, 0.3) is 0 Å². The van der Waals surface area contributed by atoms with E-state index in [9.17, 15) is 9.59 Å². The zero-order valence-electron chi connectivity index (χ0n) is 13.7. The molecule has 4 rings (SSSR count). The number of hydrogen-bond donors (Lipinski definition) is 0. The smallest absolute Gasteiger partial charge is 0.335 e. The van der Waals surface area contributed by atoms with E-state index in [4.69, 9.17) is 0 Å². The standard InChI is InChI=1S/C19H18N4O2/c24-18(21-12-9-16(14-21)15-6-2-1-3-7-15)10-13-23-19(25)22-11-5-4-8-17(22)20-23/h1-9,11H,10,12-14H2. The summed E-state index contributed by atoms with van der Waals surface area (Å²) in [5, 5.41) is 4.26. The topological polar surface area (TPSA) is 59.6 Å². The molecular weight excluding hydrogens is 316 g/mol. The average molecular weight is 334 g/mol. The van der Waals surface area contributed by atoms with E-state index in [0.29, 0.717) is 18.7 Å². The third kappa shape index (κ3) is 2.98. The molecule has 3 heterocycles. The summed E-state index contributed by atoms with van der Waals surface area (Å²) in [4.78, 5) is 26.5. The Labute approximate surface area is 144 Å². The number of carbonyl (C=O) groups excluding carboxylic acids is 1. The fraction of sp³-hybridized carbons (Fsp3) is 0.211. The maximum absolute atomic E-state index is 12.5. The van der Waals surface area contributed by atoms with Crippen molar-refractivity contribution in [2.45, 2.75) is 13.0 Å². The first kappa shape index (κ1) is 15.4. The Morgan fingerprint density at radius 2 is 1.88 bits per heavy atom. The molecule has 6 nitrogen and oxygen atoms in total. The van der Waals surface area contributed by atoms with Crippen LogP contribution in [0.4, 0.5) is 0 Å². The number of benzene rings is 1. The van der Waals surface area contributed by atoms with Gasteiger partial charge >= 0.3 is 5.69 Å². The molecule has 0 bridgehead atoms. The molecular formula is C19H18N4O2. The summed E-state index contributed by atoms with van der Waals surface area (Å²) in [5.74, 6) is 0.0335. The van der Waals surface area contributed by atoms with E-state index >= 15 is 0 Å². The summed E-state index contributed by atoms with van der Waals surface area (Å²) in [6, 6.07) is 15.5. The predicted octanol–water partition coefficient (Wildman–Crippen LogP) is 1.81. The first-order valence-corrected chi connectivity index (χ1v) is 8.29. The highest BCUT2D eigenvalue weighted by Gasteiger charge is 2.20. The van der Waals surface area contributed by atoms with Gasteiger partial charge in [-0.15, -0.1) is 5.10 Å². The van der Waals surface area contributed by atoms with Crippen molar-refractivity contribution in [1.82, 2.24) is 19.1 Å². The quantitative estimate of drug-likeness (QED) is 0.731. The molecule has 0 fully saturated rings. The second-order valence-corrected chi connectivity index (χ2v) is 6.05. The molecule has 0 radical (unpaired) electrons. The Kier molecular flexibility index (Phi) is 3.93. The van der Waals surface area contributed by atoms with Crippen LogP contribution in [0.15, 0.2) is 65.6 Å². The number of rotatable bonds is 4. The molecule has 3 aromatic rings. The van der Waals surface area contributed by atoms with Crippen LogP contribution in [0.5, 0.6) is 0 Å². The number of hydrogen-bond acceptors (Lipinski definition) is 3. The molecule has 0 unspecified atom stereocenters. The van der Waals surface area contributed by atoms with E-state index < -0.39 is 0 Å². The first-order chi connectivity index (χ1) is 12.2. The van der Waals surface area contributed by atoms with Gasteiger partial charge in [0.1, 0.15) is 0 Å². The zero-order chi connectivity index (χ0) is 17.2. The van der Waals surface area contributed by atoms with Crippen LogP contribution in [0.3, 0.4) is 0 Å². The Morgan fingerprint density at radius 3 is 2.68 bits per heavy atom. The first-order valence-electron chi connectivity index (χ1n) is 8.29. The van der Waals surface area contributed by atoms with Crippen LogP contribution >= 0.6 is 0 Å². The summed E-state index contributed by atoms with van der Waals surface area (Å²) in [6.07, 6.45) is 4.03. The van der Waals surface area contributed by atoms with Gasteiger partial charge in [-0.25, -0.2) is 9.48 Å². The molecule has 2 aromatic heterocycles. The molecule has 1 aliphatic rings. The molecule has 0 saturated heterocycles. The minimum absolute atomic E-state index is 0.0335. The van der Waals surface area contributed by atoms with Gasteiger partial charge in [-0.1, -0.05) is 42.5 Å². The monoisotopic (exact) mass is 334 g/mol. The lowest BCUT2D eigenvalue weighted by Crippen LogP contribution is -2.31. The van der Waals surface area contributed by atoms with Crippen molar-refractivity contribution in [3.05, 3.63) is 76.9 Å². The summed E-state index contributed by atoms with van der Waals surface area (Å²) < 4.78 is 2.84. The zero-order valence-corrected chi connectivity index (χ0v) is 13.7. The Balaban J connectivity index is 1.40. The average Bonchev–Trinajstić information content (AvgIpc) is 3.26. The molecule has 25 heavy (non-hydrogen) atoms. The Morgan fingerprint density at radius 1 is 1.08 bits per heavy atom. The lowest BCUT2D eigenvalue weighted by atomic mass is 10.1. The molecule has 126 valence electrons. The summed E-state index contributed by atoms with van der Waals surface area (Å²) in [5.41, 5.74) is 2.69.